The van der Waals surface area contributed by atoms with E-state index in [1.165, 1.54) is 44.2 Å². The van der Waals surface area contributed by atoms with E-state index >= 15 is 0 Å². The largest absolute Gasteiger partial charge is 0.493 e. The molecule has 1 N–H and O–H groups in total. The van der Waals surface area contributed by atoms with Gasteiger partial charge < -0.3 is 10.1 Å². The lowest BCUT2D eigenvalue weighted by molar-refractivity contribution is 0.195. The van der Waals surface area contributed by atoms with Crippen molar-refractivity contribution in [2.24, 2.45) is 11.3 Å². The SMILES string of the molecule is CC(C)CC1(CNC2CCOc3ccccc32)CCCC1. The van der Waals surface area contributed by atoms with Crippen LogP contribution in [0, 0.1) is 11.3 Å². The molecule has 1 aliphatic heterocycles. The van der Waals surface area contributed by atoms with Gasteiger partial charge in [0, 0.05) is 24.6 Å². The van der Waals surface area contributed by atoms with Gasteiger partial charge in [-0.05, 0) is 36.7 Å². The van der Waals surface area contributed by atoms with E-state index in [0.717, 1.165) is 24.7 Å². The molecule has 21 heavy (non-hydrogen) atoms. The molecular weight excluding hydrogens is 258 g/mol. The van der Waals surface area contributed by atoms with Crippen LogP contribution in [0.3, 0.4) is 0 Å². The summed E-state index contributed by atoms with van der Waals surface area (Å²) in [7, 11) is 0. The minimum absolute atomic E-state index is 0.472. The maximum Gasteiger partial charge on any atom is 0.124 e. The zero-order valence-electron chi connectivity index (χ0n) is 13.5. The lowest BCUT2D eigenvalue weighted by Gasteiger charge is -2.35. The average Bonchev–Trinajstić information content (AvgIpc) is 2.93. The summed E-state index contributed by atoms with van der Waals surface area (Å²) in [5, 5.41) is 3.89. The molecule has 2 aliphatic rings. The lowest BCUT2D eigenvalue weighted by atomic mass is 9.78. The van der Waals surface area contributed by atoms with Gasteiger partial charge in [-0.25, -0.2) is 0 Å². The van der Waals surface area contributed by atoms with Gasteiger partial charge in [0.15, 0.2) is 0 Å². The molecule has 0 bridgehead atoms. The third-order valence-electron chi connectivity index (χ3n) is 5.19. The van der Waals surface area contributed by atoms with Crippen molar-refractivity contribution in [1.29, 1.82) is 0 Å². The smallest absolute Gasteiger partial charge is 0.124 e. The molecule has 1 atom stereocenters. The normalized spacial score (nSPS) is 23.9. The summed E-state index contributed by atoms with van der Waals surface area (Å²) >= 11 is 0. The molecule has 2 heteroatoms. The van der Waals surface area contributed by atoms with Crippen molar-refractivity contribution in [2.75, 3.05) is 13.2 Å². The van der Waals surface area contributed by atoms with Gasteiger partial charge in [0.2, 0.25) is 0 Å². The third-order valence-corrected chi connectivity index (χ3v) is 5.19. The van der Waals surface area contributed by atoms with Crippen molar-refractivity contribution < 1.29 is 4.74 Å². The summed E-state index contributed by atoms with van der Waals surface area (Å²) in [6.45, 7) is 6.74. The standard InChI is InChI=1S/C19H29NO/c1-15(2)13-19(10-5-6-11-19)14-20-17-9-12-21-18-8-4-3-7-16(17)18/h3-4,7-8,15,17,20H,5-6,9-14H2,1-2H3. The number of hydrogen-bond acceptors (Lipinski definition) is 2. The molecule has 2 nitrogen and oxygen atoms in total. The number of fused-ring (bicyclic) bond motifs is 1. The summed E-state index contributed by atoms with van der Waals surface area (Å²) in [6, 6.07) is 8.98. The van der Waals surface area contributed by atoms with E-state index in [4.69, 9.17) is 4.74 Å². The number of para-hydroxylation sites is 1. The van der Waals surface area contributed by atoms with Crippen molar-refractivity contribution in [3.63, 3.8) is 0 Å². The molecule has 1 saturated carbocycles. The van der Waals surface area contributed by atoms with Crippen LogP contribution in [0.25, 0.3) is 0 Å². The number of nitrogens with one attached hydrogen (secondary N) is 1. The zero-order valence-corrected chi connectivity index (χ0v) is 13.5. The van der Waals surface area contributed by atoms with Crippen LogP contribution in [0.1, 0.15) is 64.0 Å². The Hall–Kier alpha value is -1.02. The second kappa shape index (κ2) is 6.39. The summed E-state index contributed by atoms with van der Waals surface area (Å²) in [4.78, 5) is 0. The monoisotopic (exact) mass is 287 g/mol. The van der Waals surface area contributed by atoms with Crippen LogP contribution in [0.4, 0.5) is 0 Å². The van der Waals surface area contributed by atoms with Crippen LogP contribution < -0.4 is 10.1 Å². The van der Waals surface area contributed by atoms with E-state index in [1.54, 1.807) is 0 Å². The molecule has 1 aliphatic carbocycles. The summed E-state index contributed by atoms with van der Waals surface area (Å²) in [5.74, 6) is 1.87. The van der Waals surface area contributed by atoms with Gasteiger partial charge in [-0.15, -0.1) is 0 Å². The van der Waals surface area contributed by atoms with Gasteiger partial charge in [-0.1, -0.05) is 44.9 Å². The molecular formula is C19H29NO. The summed E-state index contributed by atoms with van der Waals surface area (Å²) < 4.78 is 5.78. The number of benzene rings is 1. The van der Waals surface area contributed by atoms with E-state index in [9.17, 15) is 0 Å². The summed E-state index contributed by atoms with van der Waals surface area (Å²) in [6.07, 6.45) is 8.10. The Balaban J connectivity index is 1.67. The van der Waals surface area contributed by atoms with Crippen molar-refractivity contribution in [1.82, 2.24) is 5.32 Å². The van der Waals surface area contributed by atoms with Crippen LogP contribution in [-0.4, -0.2) is 13.2 Å². The molecule has 0 amide bonds. The lowest BCUT2D eigenvalue weighted by Crippen LogP contribution is -2.37. The fourth-order valence-corrected chi connectivity index (χ4v) is 4.34. The van der Waals surface area contributed by atoms with Crippen LogP contribution in [0.2, 0.25) is 0 Å². The van der Waals surface area contributed by atoms with Gasteiger partial charge >= 0.3 is 0 Å². The molecule has 1 heterocycles. The van der Waals surface area contributed by atoms with E-state index in [2.05, 4.69) is 43.4 Å². The number of ether oxygens (including phenoxy) is 1. The Kier molecular flexibility index (Phi) is 4.54. The molecule has 1 aromatic carbocycles. The maximum absolute atomic E-state index is 5.78. The number of rotatable bonds is 5. The molecule has 1 unspecified atom stereocenters. The highest BCUT2D eigenvalue weighted by Gasteiger charge is 2.35. The van der Waals surface area contributed by atoms with Crippen LogP contribution in [0.5, 0.6) is 5.75 Å². The first-order valence-corrected chi connectivity index (χ1v) is 8.64. The van der Waals surface area contributed by atoms with Crippen molar-refractivity contribution >= 4 is 0 Å². The Morgan fingerprint density at radius 2 is 2.00 bits per heavy atom. The van der Waals surface area contributed by atoms with Gasteiger partial charge in [0.1, 0.15) is 5.75 Å². The summed E-state index contributed by atoms with van der Waals surface area (Å²) in [5.41, 5.74) is 1.89. The van der Waals surface area contributed by atoms with E-state index < -0.39 is 0 Å². The van der Waals surface area contributed by atoms with Crippen LogP contribution in [0.15, 0.2) is 24.3 Å². The van der Waals surface area contributed by atoms with Crippen LogP contribution in [-0.2, 0) is 0 Å². The van der Waals surface area contributed by atoms with Crippen molar-refractivity contribution in [2.45, 2.75) is 58.4 Å². The highest BCUT2D eigenvalue weighted by atomic mass is 16.5. The molecule has 0 radical (unpaired) electrons. The fraction of sp³-hybridized carbons (Fsp3) is 0.684. The third kappa shape index (κ3) is 3.42. The second-order valence-electron chi connectivity index (χ2n) is 7.41. The zero-order chi connectivity index (χ0) is 14.7. The predicted octanol–water partition coefficient (Wildman–Crippen LogP) is 4.71. The molecule has 0 spiro atoms. The topological polar surface area (TPSA) is 21.3 Å². The van der Waals surface area contributed by atoms with E-state index in [1.807, 2.05) is 0 Å². The van der Waals surface area contributed by atoms with Crippen molar-refractivity contribution in [3.8, 4) is 5.75 Å². The first kappa shape index (κ1) is 14.9. The van der Waals surface area contributed by atoms with E-state index in [-0.39, 0.29) is 0 Å². The Bertz CT molecular complexity index is 462. The molecule has 116 valence electrons. The molecule has 0 saturated heterocycles. The van der Waals surface area contributed by atoms with Gasteiger partial charge in [0.05, 0.1) is 6.61 Å². The van der Waals surface area contributed by atoms with Gasteiger partial charge in [-0.2, -0.15) is 0 Å². The maximum atomic E-state index is 5.78. The molecule has 1 fully saturated rings. The quantitative estimate of drug-likeness (QED) is 0.847. The first-order valence-electron chi connectivity index (χ1n) is 8.64. The van der Waals surface area contributed by atoms with Gasteiger partial charge in [-0.3, -0.25) is 0 Å². The fourth-order valence-electron chi connectivity index (χ4n) is 4.34. The molecule has 3 rings (SSSR count). The minimum Gasteiger partial charge on any atom is -0.493 e. The molecule has 1 aromatic rings. The van der Waals surface area contributed by atoms with Gasteiger partial charge in [0.25, 0.3) is 0 Å². The highest BCUT2D eigenvalue weighted by molar-refractivity contribution is 5.37. The Labute approximate surface area is 129 Å². The predicted molar refractivity (Wildman–Crippen MR) is 87.7 cm³/mol. The van der Waals surface area contributed by atoms with Crippen LogP contribution >= 0.6 is 0 Å². The Morgan fingerprint density at radius 1 is 1.24 bits per heavy atom. The first-order chi connectivity index (χ1) is 10.2. The average molecular weight is 287 g/mol. The number of hydrogen-bond donors (Lipinski definition) is 1. The van der Waals surface area contributed by atoms with E-state index in [0.29, 0.717) is 11.5 Å². The van der Waals surface area contributed by atoms with Crippen molar-refractivity contribution in [3.05, 3.63) is 29.8 Å². The molecule has 0 aromatic heterocycles. The highest BCUT2D eigenvalue weighted by Crippen LogP contribution is 2.43. The second-order valence-corrected chi connectivity index (χ2v) is 7.41. The Morgan fingerprint density at radius 3 is 2.76 bits per heavy atom. The minimum atomic E-state index is 0.472.